The van der Waals surface area contributed by atoms with E-state index in [2.05, 4.69) is 15.2 Å². The third-order valence-electron chi connectivity index (χ3n) is 2.03. The maximum atomic E-state index is 10.6. The van der Waals surface area contributed by atoms with Gasteiger partial charge in [0.05, 0.1) is 5.69 Å². The fourth-order valence-electron chi connectivity index (χ4n) is 1.18. The van der Waals surface area contributed by atoms with E-state index in [1.54, 1.807) is 25.3 Å². The molecule has 0 unspecified atom stereocenters. The number of hydrogen-bond acceptors (Lipinski definition) is 5. The number of nitrogens with zero attached hydrogens (tertiary/aromatic N) is 3. The average molecular weight is 231 g/mol. The van der Waals surface area contributed by atoms with Crippen molar-refractivity contribution in [1.29, 1.82) is 0 Å². The summed E-state index contributed by atoms with van der Waals surface area (Å²) >= 11 is 0. The molecule has 0 bridgehead atoms. The highest BCUT2D eigenvalue weighted by atomic mass is 16.5. The highest BCUT2D eigenvalue weighted by Gasteiger charge is 2.07. The van der Waals surface area contributed by atoms with Crippen molar-refractivity contribution in [3.63, 3.8) is 0 Å². The highest BCUT2D eigenvalue weighted by molar-refractivity contribution is 5.84. The largest absolute Gasteiger partial charge is 0.476 e. The Morgan fingerprint density at radius 2 is 2.12 bits per heavy atom. The summed E-state index contributed by atoms with van der Waals surface area (Å²) in [4.78, 5) is 14.6. The number of rotatable bonds is 3. The molecule has 6 heteroatoms. The van der Waals surface area contributed by atoms with Crippen LogP contribution < -0.4 is 4.74 Å². The molecule has 0 spiro atoms. The molecule has 86 valence electrons. The van der Waals surface area contributed by atoms with Crippen molar-refractivity contribution < 1.29 is 14.6 Å². The van der Waals surface area contributed by atoms with E-state index < -0.39 is 5.97 Å². The van der Waals surface area contributed by atoms with Crippen molar-refractivity contribution >= 4 is 5.97 Å². The molecular formula is C11H9N3O3. The molecule has 6 nitrogen and oxygen atoms in total. The number of ether oxygens (including phenoxy) is 1. The zero-order chi connectivity index (χ0) is 12.3. The predicted molar refractivity (Wildman–Crippen MR) is 58.0 cm³/mol. The lowest BCUT2D eigenvalue weighted by Gasteiger charge is -2.05. The standard InChI is InChI=1S/C11H9N3O3/c1-7-9(3-2-6-12-7)17-10-5-4-8(11(15)16)13-14-10/h2-6H,1H3,(H,15,16). The first-order chi connectivity index (χ1) is 8.16. The highest BCUT2D eigenvalue weighted by Crippen LogP contribution is 2.20. The molecule has 17 heavy (non-hydrogen) atoms. The van der Waals surface area contributed by atoms with Crippen LogP contribution in [0.3, 0.4) is 0 Å². The molecule has 2 aromatic rings. The van der Waals surface area contributed by atoms with Crippen molar-refractivity contribution in [2.45, 2.75) is 6.92 Å². The normalized spacial score (nSPS) is 9.94. The van der Waals surface area contributed by atoms with Gasteiger partial charge in [0, 0.05) is 12.3 Å². The second-order valence-electron chi connectivity index (χ2n) is 3.25. The summed E-state index contributed by atoms with van der Waals surface area (Å²) in [5.74, 6) is -0.336. The Morgan fingerprint density at radius 3 is 2.71 bits per heavy atom. The Morgan fingerprint density at radius 1 is 1.29 bits per heavy atom. The van der Waals surface area contributed by atoms with E-state index in [1.807, 2.05) is 0 Å². The van der Waals surface area contributed by atoms with E-state index in [0.29, 0.717) is 5.75 Å². The van der Waals surface area contributed by atoms with Gasteiger partial charge in [-0.25, -0.2) is 4.79 Å². The van der Waals surface area contributed by atoms with Gasteiger partial charge in [-0.15, -0.1) is 10.2 Å². The number of aromatic nitrogens is 3. The number of pyridine rings is 1. The van der Waals surface area contributed by atoms with Crippen LogP contribution >= 0.6 is 0 Å². The van der Waals surface area contributed by atoms with Crippen molar-refractivity contribution in [1.82, 2.24) is 15.2 Å². The molecule has 0 aliphatic carbocycles. The van der Waals surface area contributed by atoms with Crippen LogP contribution in [0.5, 0.6) is 11.6 Å². The Bertz CT molecular complexity index is 540. The first kappa shape index (κ1) is 11.0. The maximum Gasteiger partial charge on any atom is 0.356 e. The van der Waals surface area contributed by atoms with Gasteiger partial charge in [-0.1, -0.05) is 0 Å². The summed E-state index contributed by atoms with van der Waals surface area (Å²) in [5, 5.41) is 15.8. The van der Waals surface area contributed by atoms with Crippen molar-refractivity contribution in [3.8, 4) is 11.6 Å². The Balaban J connectivity index is 2.20. The number of carboxylic acid groups (broad SMARTS) is 1. The summed E-state index contributed by atoms with van der Waals surface area (Å²) in [6.07, 6.45) is 1.65. The molecule has 0 aliphatic rings. The van der Waals surface area contributed by atoms with Gasteiger partial charge in [0.25, 0.3) is 0 Å². The van der Waals surface area contributed by atoms with Crippen LogP contribution in [0, 0.1) is 6.92 Å². The molecular weight excluding hydrogens is 222 g/mol. The lowest BCUT2D eigenvalue weighted by atomic mass is 10.3. The lowest BCUT2D eigenvalue weighted by Crippen LogP contribution is -2.02. The lowest BCUT2D eigenvalue weighted by molar-refractivity contribution is 0.0689. The minimum Gasteiger partial charge on any atom is -0.476 e. The van der Waals surface area contributed by atoms with Gasteiger partial charge in [0.2, 0.25) is 5.88 Å². The third-order valence-corrected chi connectivity index (χ3v) is 2.03. The van der Waals surface area contributed by atoms with Gasteiger partial charge in [-0.05, 0) is 25.1 Å². The molecule has 1 N–H and O–H groups in total. The van der Waals surface area contributed by atoms with Crippen LogP contribution in [0.4, 0.5) is 0 Å². The fraction of sp³-hybridized carbons (Fsp3) is 0.0909. The van der Waals surface area contributed by atoms with Gasteiger partial charge in [0.15, 0.2) is 11.4 Å². The van der Waals surface area contributed by atoms with Gasteiger partial charge in [-0.3, -0.25) is 4.98 Å². The van der Waals surface area contributed by atoms with Gasteiger partial charge < -0.3 is 9.84 Å². The van der Waals surface area contributed by atoms with Gasteiger partial charge in [-0.2, -0.15) is 0 Å². The molecule has 0 aromatic carbocycles. The van der Waals surface area contributed by atoms with E-state index in [4.69, 9.17) is 9.84 Å². The van der Waals surface area contributed by atoms with Crippen LogP contribution in [0.15, 0.2) is 30.5 Å². The quantitative estimate of drug-likeness (QED) is 0.864. The zero-order valence-corrected chi connectivity index (χ0v) is 8.99. The minimum absolute atomic E-state index is 0.125. The summed E-state index contributed by atoms with van der Waals surface area (Å²) in [6.45, 7) is 1.80. The monoisotopic (exact) mass is 231 g/mol. The molecule has 0 saturated heterocycles. The number of aromatic carboxylic acids is 1. The molecule has 2 aromatic heterocycles. The van der Waals surface area contributed by atoms with Crippen LogP contribution in [-0.4, -0.2) is 26.3 Å². The van der Waals surface area contributed by atoms with E-state index in [1.165, 1.54) is 12.1 Å². The SMILES string of the molecule is Cc1ncccc1Oc1ccc(C(=O)O)nn1. The number of aryl methyl sites for hydroxylation is 1. The van der Waals surface area contributed by atoms with E-state index in [-0.39, 0.29) is 11.6 Å². The van der Waals surface area contributed by atoms with E-state index >= 15 is 0 Å². The summed E-state index contributed by atoms with van der Waals surface area (Å²) in [7, 11) is 0. The van der Waals surface area contributed by atoms with Crippen molar-refractivity contribution in [3.05, 3.63) is 41.9 Å². The Kier molecular flexibility index (Phi) is 2.95. The molecule has 0 atom stereocenters. The zero-order valence-electron chi connectivity index (χ0n) is 8.99. The van der Waals surface area contributed by atoms with Gasteiger partial charge >= 0.3 is 5.97 Å². The average Bonchev–Trinajstić information content (AvgIpc) is 2.33. The van der Waals surface area contributed by atoms with Crippen LogP contribution in [0.1, 0.15) is 16.2 Å². The van der Waals surface area contributed by atoms with Crippen molar-refractivity contribution in [2.75, 3.05) is 0 Å². The summed E-state index contributed by atoms with van der Waals surface area (Å²) < 4.78 is 5.41. The third kappa shape index (κ3) is 2.54. The number of hydrogen-bond donors (Lipinski definition) is 1. The Hall–Kier alpha value is -2.50. The maximum absolute atomic E-state index is 10.6. The molecule has 0 aliphatic heterocycles. The second kappa shape index (κ2) is 4.56. The molecule has 0 amide bonds. The smallest absolute Gasteiger partial charge is 0.356 e. The fourth-order valence-corrected chi connectivity index (χ4v) is 1.18. The Labute approximate surface area is 96.9 Å². The number of carbonyl (C=O) groups is 1. The topological polar surface area (TPSA) is 85.2 Å². The minimum atomic E-state index is -1.12. The number of carboxylic acids is 1. The summed E-state index contributed by atoms with van der Waals surface area (Å²) in [6, 6.07) is 6.26. The van der Waals surface area contributed by atoms with E-state index in [9.17, 15) is 4.79 Å². The van der Waals surface area contributed by atoms with Crippen LogP contribution in [0.2, 0.25) is 0 Å². The predicted octanol–water partition coefficient (Wildman–Crippen LogP) is 1.67. The van der Waals surface area contributed by atoms with Crippen LogP contribution in [0.25, 0.3) is 0 Å². The molecule has 2 rings (SSSR count). The second-order valence-corrected chi connectivity index (χ2v) is 3.25. The summed E-state index contributed by atoms with van der Waals surface area (Å²) in [5.41, 5.74) is 0.594. The molecule has 2 heterocycles. The van der Waals surface area contributed by atoms with Crippen molar-refractivity contribution in [2.24, 2.45) is 0 Å². The molecule has 0 radical (unpaired) electrons. The first-order valence-electron chi connectivity index (χ1n) is 4.83. The molecule has 0 saturated carbocycles. The first-order valence-corrected chi connectivity index (χ1v) is 4.83. The molecule has 0 fully saturated rings. The van der Waals surface area contributed by atoms with Gasteiger partial charge in [0.1, 0.15) is 0 Å². The van der Waals surface area contributed by atoms with E-state index in [0.717, 1.165) is 5.69 Å². The van der Waals surface area contributed by atoms with Crippen LogP contribution in [-0.2, 0) is 0 Å².